The largest absolute Gasteiger partial charge is 0.484 e. The molecule has 0 N–H and O–H groups in total. The van der Waals surface area contributed by atoms with Crippen LogP contribution in [-0.2, 0) is 4.79 Å². The molecule has 2 atom stereocenters. The number of carbonyl (C=O) groups excluding carboxylic acids is 1. The Morgan fingerprint density at radius 2 is 1.66 bits per heavy atom. The average Bonchev–Trinajstić information content (AvgIpc) is 3.26. The summed E-state index contributed by atoms with van der Waals surface area (Å²) < 4.78 is 32.7. The van der Waals surface area contributed by atoms with Gasteiger partial charge in [0.15, 0.2) is 6.61 Å². The van der Waals surface area contributed by atoms with Crippen LogP contribution in [0, 0.1) is 17.6 Å². The number of nitrogens with zero attached hydrogens (tertiary/aromatic N) is 2. The standard InChI is InChI=1S/C28H23ClF2N2O2/c29-21-8-14-24(15-9-21)35-17-26(34)33-28(19-6-12-23(31)13-7-19)25-3-1-2-20(27(25)32-33)16-18-4-10-22(30)11-5-18/h4-16,25,28H,1-3,17H2/b20-16-. The molecule has 0 radical (unpaired) electrons. The van der Waals surface area contributed by atoms with Crippen molar-refractivity contribution in [1.29, 1.82) is 0 Å². The van der Waals surface area contributed by atoms with Gasteiger partial charge < -0.3 is 4.74 Å². The Kier molecular flexibility index (Phi) is 6.64. The highest BCUT2D eigenvalue weighted by Gasteiger charge is 2.43. The number of ether oxygens (including phenoxy) is 1. The Labute approximate surface area is 207 Å². The highest BCUT2D eigenvalue weighted by atomic mass is 35.5. The lowest BCUT2D eigenvalue weighted by molar-refractivity contribution is -0.135. The molecule has 1 saturated carbocycles. The fraction of sp³-hybridized carbons (Fsp3) is 0.214. The fourth-order valence-electron chi connectivity index (χ4n) is 4.70. The van der Waals surface area contributed by atoms with E-state index in [0.717, 1.165) is 41.7 Å². The van der Waals surface area contributed by atoms with Gasteiger partial charge in [-0.25, -0.2) is 13.8 Å². The summed E-state index contributed by atoms with van der Waals surface area (Å²) in [4.78, 5) is 13.3. The van der Waals surface area contributed by atoms with Crippen LogP contribution in [0.4, 0.5) is 8.78 Å². The molecule has 3 aromatic carbocycles. The van der Waals surface area contributed by atoms with E-state index in [0.29, 0.717) is 10.8 Å². The summed E-state index contributed by atoms with van der Waals surface area (Å²) in [7, 11) is 0. The molecule has 1 aliphatic heterocycles. The van der Waals surface area contributed by atoms with E-state index in [1.165, 1.54) is 29.3 Å². The number of hydrogen-bond donors (Lipinski definition) is 0. The topological polar surface area (TPSA) is 41.9 Å². The minimum Gasteiger partial charge on any atom is -0.484 e. The van der Waals surface area contributed by atoms with Crippen molar-refractivity contribution in [3.63, 3.8) is 0 Å². The highest BCUT2D eigenvalue weighted by Crippen LogP contribution is 2.44. The van der Waals surface area contributed by atoms with Crippen LogP contribution in [0.1, 0.15) is 36.4 Å². The number of rotatable bonds is 5. The van der Waals surface area contributed by atoms with Crippen molar-refractivity contribution < 1.29 is 18.3 Å². The summed E-state index contributed by atoms with van der Waals surface area (Å²) in [5.74, 6) is -0.418. The van der Waals surface area contributed by atoms with Crippen LogP contribution in [0.25, 0.3) is 6.08 Å². The van der Waals surface area contributed by atoms with Gasteiger partial charge in [-0.05, 0) is 90.6 Å². The number of fused-ring (bicyclic) bond motifs is 1. The second-order valence-electron chi connectivity index (χ2n) is 8.68. The smallest absolute Gasteiger partial charge is 0.281 e. The van der Waals surface area contributed by atoms with E-state index in [4.69, 9.17) is 21.4 Å². The van der Waals surface area contributed by atoms with E-state index in [9.17, 15) is 13.6 Å². The van der Waals surface area contributed by atoms with Crippen molar-refractivity contribution >= 4 is 29.3 Å². The number of amides is 1. The van der Waals surface area contributed by atoms with E-state index >= 15 is 0 Å². The molecule has 35 heavy (non-hydrogen) atoms. The van der Waals surface area contributed by atoms with Gasteiger partial charge in [0.25, 0.3) is 5.91 Å². The van der Waals surface area contributed by atoms with E-state index < -0.39 is 0 Å². The van der Waals surface area contributed by atoms with Gasteiger partial charge in [0, 0.05) is 10.9 Å². The summed E-state index contributed by atoms with van der Waals surface area (Å²) in [5, 5.41) is 6.83. The lowest BCUT2D eigenvalue weighted by Crippen LogP contribution is -2.34. The normalized spacial score (nSPS) is 20.5. The Hall–Kier alpha value is -3.51. The minimum absolute atomic E-state index is 0.0274. The summed E-state index contributed by atoms with van der Waals surface area (Å²) in [5.41, 5.74) is 3.56. The molecule has 0 aromatic heterocycles. The third-order valence-corrected chi connectivity index (χ3v) is 6.61. The van der Waals surface area contributed by atoms with E-state index in [1.54, 1.807) is 48.5 Å². The SMILES string of the molecule is O=C(COc1ccc(Cl)cc1)N1N=C2/C(=C\c3ccc(F)cc3)CCCC2C1c1ccc(F)cc1. The Morgan fingerprint density at radius 3 is 2.34 bits per heavy atom. The van der Waals surface area contributed by atoms with Crippen LogP contribution in [0.2, 0.25) is 5.02 Å². The first-order valence-electron chi connectivity index (χ1n) is 11.5. The number of halogens is 3. The maximum Gasteiger partial charge on any atom is 0.281 e. The highest BCUT2D eigenvalue weighted by molar-refractivity contribution is 6.30. The molecule has 4 nitrogen and oxygen atoms in total. The van der Waals surface area contributed by atoms with Crippen LogP contribution >= 0.6 is 11.6 Å². The van der Waals surface area contributed by atoms with Gasteiger partial charge in [0.05, 0.1) is 11.8 Å². The number of hydrazone groups is 1. The van der Waals surface area contributed by atoms with Crippen LogP contribution in [0.5, 0.6) is 5.75 Å². The zero-order valence-corrected chi connectivity index (χ0v) is 19.6. The molecular formula is C28H23ClF2N2O2. The van der Waals surface area contributed by atoms with Gasteiger partial charge in [0.2, 0.25) is 0 Å². The van der Waals surface area contributed by atoms with Gasteiger partial charge in [-0.1, -0.05) is 35.9 Å². The first kappa shape index (κ1) is 23.2. The maximum atomic E-state index is 13.7. The first-order valence-corrected chi connectivity index (χ1v) is 11.9. The molecule has 5 rings (SSSR count). The lowest BCUT2D eigenvalue weighted by Gasteiger charge is -2.29. The first-order chi connectivity index (χ1) is 17.0. The molecule has 178 valence electrons. The quantitative estimate of drug-likeness (QED) is 0.392. The molecule has 1 fully saturated rings. The van der Waals surface area contributed by atoms with Crippen LogP contribution < -0.4 is 4.74 Å². The summed E-state index contributed by atoms with van der Waals surface area (Å²) in [6.45, 7) is -0.195. The lowest BCUT2D eigenvalue weighted by atomic mass is 9.77. The molecule has 1 heterocycles. The van der Waals surface area contributed by atoms with Gasteiger partial charge in [-0.2, -0.15) is 5.10 Å². The second kappa shape index (κ2) is 10.0. The van der Waals surface area contributed by atoms with Gasteiger partial charge >= 0.3 is 0 Å². The van der Waals surface area contributed by atoms with E-state index in [-0.39, 0.29) is 36.1 Å². The van der Waals surface area contributed by atoms with Crippen molar-refractivity contribution in [3.05, 3.63) is 106 Å². The van der Waals surface area contributed by atoms with Crippen molar-refractivity contribution in [2.75, 3.05) is 6.61 Å². The molecule has 2 unspecified atom stereocenters. The molecule has 0 spiro atoms. The molecule has 0 bridgehead atoms. The van der Waals surface area contributed by atoms with Crippen molar-refractivity contribution in [2.45, 2.75) is 25.3 Å². The monoisotopic (exact) mass is 492 g/mol. The molecule has 0 saturated heterocycles. The number of benzene rings is 3. The van der Waals surface area contributed by atoms with Crippen LogP contribution in [0.15, 0.2) is 83.5 Å². The van der Waals surface area contributed by atoms with Crippen LogP contribution in [0.3, 0.4) is 0 Å². The Morgan fingerprint density at radius 1 is 1.00 bits per heavy atom. The minimum atomic E-state index is -0.358. The summed E-state index contributed by atoms with van der Waals surface area (Å²) in [6, 6.07) is 18.9. The molecular weight excluding hydrogens is 470 g/mol. The maximum absolute atomic E-state index is 13.7. The summed E-state index contributed by atoms with van der Waals surface area (Å²) >= 11 is 5.93. The Balaban J connectivity index is 1.46. The number of hydrogen-bond acceptors (Lipinski definition) is 3. The van der Waals surface area contributed by atoms with Crippen LogP contribution in [-0.4, -0.2) is 23.2 Å². The van der Waals surface area contributed by atoms with E-state index in [2.05, 4.69) is 0 Å². The fourth-order valence-corrected chi connectivity index (χ4v) is 4.83. The molecule has 7 heteroatoms. The average molecular weight is 493 g/mol. The molecule has 1 amide bonds. The number of allylic oxidation sites excluding steroid dienone is 1. The van der Waals surface area contributed by atoms with Gasteiger partial charge in [0.1, 0.15) is 17.4 Å². The van der Waals surface area contributed by atoms with Crippen molar-refractivity contribution in [1.82, 2.24) is 5.01 Å². The second-order valence-corrected chi connectivity index (χ2v) is 9.12. The predicted molar refractivity (Wildman–Crippen MR) is 132 cm³/mol. The zero-order valence-electron chi connectivity index (χ0n) is 18.8. The Bertz CT molecular complexity index is 1270. The molecule has 1 aliphatic carbocycles. The van der Waals surface area contributed by atoms with Crippen molar-refractivity contribution in [2.24, 2.45) is 11.0 Å². The van der Waals surface area contributed by atoms with E-state index in [1.807, 2.05) is 6.08 Å². The number of carbonyl (C=O) groups is 1. The van der Waals surface area contributed by atoms with Gasteiger partial charge in [-0.3, -0.25) is 4.79 Å². The third kappa shape index (κ3) is 5.13. The van der Waals surface area contributed by atoms with Crippen molar-refractivity contribution in [3.8, 4) is 5.75 Å². The third-order valence-electron chi connectivity index (χ3n) is 6.36. The molecule has 2 aliphatic rings. The van der Waals surface area contributed by atoms with Gasteiger partial charge in [-0.15, -0.1) is 0 Å². The zero-order chi connectivity index (χ0) is 24.4. The summed E-state index contributed by atoms with van der Waals surface area (Å²) in [6.07, 6.45) is 4.59. The molecule has 3 aromatic rings. The predicted octanol–water partition coefficient (Wildman–Crippen LogP) is 6.82.